The molecule has 1 amide bonds. The van der Waals surface area contributed by atoms with Crippen molar-refractivity contribution in [2.75, 3.05) is 26.1 Å². The first kappa shape index (κ1) is 23.3. The van der Waals surface area contributed by atoms with Crippen LogP contribution >= 0.6 is 0 Å². The van der Waals surface area contributed by atoms with E-state index in [9.17, 15) is 9.59 Å². The Morgan fingerprint density at radius 3 is 2.48 bits per heavy atom. The molecule has 3 aromatic carbocycles. The maximum absolute atomic E-state index is 12.3. The van der Waals surface area contributed by atoms with Crippen LogP contribution in [-0.2, 0) is 6.61 Å². The molecule has 0 aliphatic heterocycles. The molecule has 33 heavy (non-hydrogen) atoms. The average Bonchev–Trinajstić information content (AvgIpc) is 2.83. The molecule has 0 unspecified atom stereocenters. The van der Waals surface area contributed by atoms with Gasteiger partial charge in [0, 0.05) is 25.3 Å². The minimum Gasteiger partial charge on any atom is -0.493 e. The molecule has 0 atom stereocenters. The van der Waals surface area contributed by atoms with Crippen LogP contribution < -0.4 is 19.8 Å². The Balaban J connectivity index is 1.64. The number of nitrogens with one attached hydrogen (secondary N) is 1. The zero-order chi connectivity index (χ0) is 23.8. The highest BCUT2D eigenvalue weighted by Gasteiger charge is 2.09. The molecule has 2 N–H and O–H groups in total. The topological polar surface area (TPSA) is 100 Å². The third-order valence-corrected chi connectivity index (χ3v) is 4.76. The fourth-order valence-corrected chi connectivity index (χ4v) is 2.99. The van der Waals surface area contributed by atoms with E-state index in [-0.39, 0.29) is 18.1 Å². The van der Waals surface area contributed by atoms with Crippen LogP contribution in [0.2, 0.25) is 0 Å². The standard InChI is InChI=1S/C25H25N3O5/c1-28(2)21-9-5-7-19(14-21)24(29)27-26-15-17-10-11-22(23(13-17)32-3)33-16-18-6-4-8-20(12-18)25(30)31/h4-15H,16H2,1-3H3,(H,27,29)(H,30,31)/b26-15-. The van der Waals surface area contributed by atoms with E-state index in [0.29, 0.717) is 22.6 Å². The molecule has 0 fully saturated rings. The summed E-state index contributed by atoms with van der Waals surface area (Å²) in [5.41, 5.74) is 5.57. The lowest BCUT2D eigenvalue weighted by Gasteiger charge is -2.13. The molecule has 0 aliphatic carbocycles. The Hall–Kier alpha value is -4.33. The monoisotopic (exact) mass is 447 g/mol. The van der Waals surface area contributed by atoms with Crippen LogP contribution in [0.3, 0.4) is 0 Å². The van der Waals surface area contributed by atoms with Gasteiger partial charge in [0.2, 0.25) is 0 Å². The lowest BCUT2D eigenvalue weighted by molar-refractivity contribution is 0.0696. The molecule has 0 saturated heterocycles. The molecule has 0 aromatic heterocycles. The van der Waals surface area contributed by atoms with E-state index in [1.165, 1.54) is 19.4 Å². The van der Waals surface area contributed by atoms with Gasteiger partial charge in [-0.25, -0.2) is 10.2 Å². The van der Waals surface area contributed by atoms with Crippen molar-refractivity contribution in [3.8, 4) is 11.5 Å². The Kier molecular flexibility index (Phi) is 7.64. The van der Waals surface area contributed by atoms with E-state index in [1.54, 1.807) is 48.5 Å². The molecule has 8 heteroatoms. The maximum Gasteiger partial charge on any atom is 0.335 e. The van der Waals surface area contributed by atoms with Crippen molar-refractivity contribution in [3.63, 3.8) is 0 Å². The van der Waals surface area contributed by atoms with Gasteiger partial charge in [0.05, 0.1) is 18.9 Å². The number of hydrazone groups is 1. The number of nitrogens with zero attached hydrogens (tertiary/aromatic N) is 2. The van der Waals surface area contributed by atoms with Crippen LogP contribution in [0, 0.1) is 0 Å². The molecule has 0 heterocycles. The number of hydrogen-bond acceptors (Lipinski definition) is 6. The molecule has 0 saturated carbocycles. The molecule has 0 radical (unpaired) electrons. The maximum atomic E-state index is 12.3. The van der Waals surface area contributed by atoms with E-state index in [0.717, 1.165) is 11.3 Å². The first-order valence-corrected chi connectivity index (χ1v) is 10.1. The van der Waals surface area contributed by atoms with E-state index in [1.807, 2.05) is 31.1 Å². The third kappa shape index (κ3) is 6.33. The largest absolute Gasteiger partial charge is 0.493 e. The van der Waals surface area contributed by atoms with Crippen LogP contribution in [0.4, 0.5) is 5.69 Å². The average molecular weight is 447 g/mol. The summed E-state index contributed by atoms with van der Waals surface area (Å²) in [6, 6.07) is 19.0. The molecule has 3 aromatic rings. The number of benzene rings is 3. The number of carbonyl (C=O) groups excluding carboxylic acids is 1. The second-order valence-electron chi connectivity index (χ2n) is 7.35. The van der Waals surface area contributed by atoms with Crippen molar-refractivity contribution in [2.24, 2.45) is 5.10 Å². The molecule has 8 nitrogen and oxygen atoms in total. The van der Waals surface area contributed by atoms with Crippen molar-refractivity contribution in [1.29, 1.82) is 0 Å². The third-order valence-electron chi connectivity index (χ3n) is 4.76. The van der Waals surface area contributed by atoms with Gasteiger partial charge in [-0.05, 0) is 59.7 Å². The van der Waals surface area contributed by atoms with Gasteiger partial charge in [0.25, 0.3) is 5.91 Å². The Morgan fingerprint density at radius 1 is 1.00 bits per heavy atom. The van der Waals surface area contributed by atoms with E-state index in [4.69, 9.17) is 14.6 Å². The second kappa shape index (κ2) is 10.8. The van der Waals surface area contributed by atoms with Gasteiger partial charge in [-0.15, -0.1) is 0 Å². The summed E-state index contributed by atoms with van der Waals surface area (Å²) in [6.45, 7) is 0.187. The number of carboxylic acid groups (broad SMARTS) is 1. The number of carboxylic acids is 1. The van der Waals surface area contributed by atoms with Gasteiger partial charge in [0.15, 0.2) is 11.5 Å². The second-order valence-corrected chi connectivity index (χ2v) is 7.35. The first-order chi connectivity index (χ1) is 15.9. The number of carbonyl (C=O) groups is 2. The van der Waals surface area contributed by atoms with Crippen LogP contribution in [0.1, 0.15) is 31.8 Å². The fraction of sp³-hybridized carbons (Fsp3) is 0.160. The highest BCUT2D eigenvalue weighted by Crippen LogP contribution is 2.28. The SMILES string of the molecule is COc1cc(/C=N\NC(=O)c2cccc(N(C)C)c2)ccc1OCc1cccc(C(=O)O)c1. The normalized spacial score (nSPS) is 10.6. The number of anilines is 1. The Labute approximate surface area is 192 Å². The van der Waals surface area contributed by atoms with E-state index in [2.05, 4.69) is 10.5 Å². The smallest absolute Gasteiger partial charge is 0.335 e. The highest BCUT2D eigenvalue weighted by molar-refractivity contribution is 5.95. The molecular formula is C25H25N3O5. The number of methoxy groups -OCH3 is 1. The van der Waals surface area contributed by atoms with Crippen molar-refractivity contribution < 1.29 is 24.2 Å². The summed E-state index contributed by atoms with van der Waals surface area (Å²) in [5, 5.41) is 13.1. The minimum absolute atomic E-state index is 0.187. The van der Waals surface area contributed by atoms with Crippen molar-refractivity contribution in [3.05, 3.63) is 89.0 Å². The zero-order valence-corrected chi connectivity index (χ0v) is 18.6. The van der Waals surface area contributed by atoms with Crippen LogP contribution in [0.15, 0.2) is 71.8 Å². The summed E-state index contributed by atoms with van der Waals surface area (Å²) >= 11 is 0. The Bertz CT molecular complexity index is 1170. The van der Waals surface area contributed by atoms with E-state index < -0.39 is 5.97 Å². The van der Waals surface area contributed by atoms with Crippen molar-refractivity contribution in [1.82, 2.24) is 5.43 Å². The predicted octanol–water partition coefficient (Wildman–Crippen LogP) is 3.80. The zero-order valence-electron chi connectivity index (χ0n) is 18.6. The fourth-order valence-electron chi connectivity index (χ4n) is 2.99. The highest BCUT2D eigenvalue weighted by atomic mass is 16.5. The quantitative estimate of drug-likeness (QED) is 0.382. The first-order valence-electron chi connectivity index (χ1n) is 10.1. The van der Waals surface area contributed by atoms with E-state index >= 15 is 0 Å². The van der Waals surface area contributed by atoms with Crippen molar-refractivity contribution in [2.45, 2.75) is 6.61 Å². The molecule has 0 spiro atoms. The summed E-state index contributed by atoms with van der Waals surface area (Å²) < 4.78 is 11.2. The van der Waals surface area contributed by atoms with Gasteiger partial charge >= 0.3 is 5.97 Å². The molecule has 170 valence electrons. The van der Waals surface area contributed by atoms with Crippen LogP contribution in [-0.4, -0.2) is 44.4 Å². The van der Waals surface area contributed by atoms with Crippen LogP contribution in [0.25, 0.3) is 0 Å². The van der Waals surface area contributed by atoms with Gasteiger partial charge < -0.3 is 19.5 Å². The lowest BCUT2D eigenvalue weighted by Crippen LogP contribution is -2.18. The minimum atomic E-state index is -0.990. The summed E-state index contributed by atoms with van der Waals surface area (Å²) in [5.74, 6) is -0.320. The molecule has 3 rings (SSSR count). The number of hydrogen-bond donors (Lipinski definition) is 2. The number of rotatable bonds is 9. The molecule has 0 bridgehead atoms. The van der Waals surface area contributed by atoms with Crippen molar-refractivity contribution >= 4 is 23.8 Å². The van der Waals surface area contributed by atoms with Gasteiger partial charge in [-0.3, -0.25) is 4.79 Å². The summed E-state index contributed by atoms with van der Waals surface area (Å²) in [4.78, 5) is 25.4. The number of amides is 1. The molecule has 0 aliphatic rings. The van der Waals surface area contributed by atoms with Gasteiger partial charge in [0.1, 0.15) is 6.61 Å². The summed E-state index contributed by atoms with van der Waals surface area (Å²) in [6.07, 6.45) is 1.51. The Morgan fingerprint density at radius 2 is 1.76 bits per heavy atom. The number of ether oxygens (including phenoxy) is 2. The summed E-state index contributed by atoms with van der Waals surface area (Å²) in [7, 11) is 5.33. The molecular weight excluding hydrogens is 422 g/mol. The van der Waals surface area contributed by atoms with Gasteiger partial charge in [-0.1, -0.05) is 18.2 Å². The van der Waals surface area contributed by atoms with Gasteiger partial charge in [-0.2, -0.15) is 5.10 Å². The lowest BCUT2D eigenvalue weighted by atomic mass is 10.1. The number of aromatic carboxylic acids is 1. The predicted molar refractivity (Wildman–Crippen MR) is 127 cm³/mol. The van der Waals surface area contributed by atoms with Crippen LogP contribution in [0.5, 0.6) is 11.5 Å².